The third-order valence-corrected chi connectivity index (χ3v) is 3.61. The number of aromatic carboxylic acids is 1. The number of aryl methyl sites for hydroxylation is 1. The van der Waals surface area contributed by atoms with Crippen LogP contribution in [0.1, 0.15) is 15.9 Å². The maximum absolute atomic E-state index is 11.3. The van der Waals surface area contributed by atoms with Gasteiger partial charge in [-0.15, -0.1) is 10.2 Å². The Kier molecular flexibility index (Phi) is 3.87. The van der Waals surface area contributed by atoms with Crippen LogP contribution < -0.4 is 0 Å². The second kappa shape index (κ2) is 6.00. The van der Waals surface area contributed by atoms with Crippen LogP contribution in [0.4, 0.5) is 11.4 Å². The minimum atomic E-state index is -1.26. The first-order valence-electron chi connectivity index (χ1n) is 7.16. The zero-order valence-electron chi connectivity index (χ0n) is 12.8. The van der Waals surface area contributed by atoms with E-state index in [1.54, 1.807) is 36.4 Å². The molecular formula is C18H14N2O4. The zero-order chi connectivity index (χ0) is 17.3. The fourth-order valence-electron chi connectivity index (χ4n) is 2.40. The fourth-order valence-corrected chi connectivity index (χ4v) is 2.40. The van der Waals surface area contributed by atoms with Crippen LogP contribution in [0.25, 0.3) is 10.8 Å². The van der Waals surface area contributed by atoms with Crippen molar-refractivity contribution < 1.29 is 20.1 Å². The van der Waals surface area contributed by atoms with Gasteiger partial charge in [-0.05, 0) is 36.1 Å². The first-order chi connectivity index (χ1) is 11.5. The van der Waals surface area contributed by atoms with Gasteiger partial charge in [-0.25, -0.2) is 4.79 Å². The number of phenols is 2. The molecule has 0 fully saturated rings. The lowest BCUT2D eigenvalue weighted by Gasteiger charge is -2.07. The Morgan fingerprint density at radius 2 is 1.75 bits per heavy atom. The highest BCUT2D eigenvalue weighted by atomic mass is 16.4. The van der Waals surface area contributed by atoms with E-state index in [9.17, 15) is 20.1 Å². The SMILES string of the molecule is Cc1ccc(O)c(N=Nc2c(O)c(C(=O)O)cc3ccccc23)c1. The molecule has 0 spiro atoms. The largest absolute Gasteiger partial charge is 0.506 e. The molecule has 3 rings (SSSR count). The summed E-state index contributed by atoms with van der Waals surface area (Å²) in [5.74, 6) is -1.77. The van der Waals surface area contributed by atoms with Gasteiger partial charge in [0.25, 0.3) is 0 Å². The number of hydrogen-bond donors (Lipinski definition) is 3. The maximum Gasteiger partial charge on any atom is 0.339 e. The lowest BCUT2D eigenvalue weighted by Crippen LogP contribution is -1.97. The first-order valence-corrected chi connectivity index (χ1v) is 7.16. The monoisotopic (exact) mass is 322 g/mol. The van der Waals surface area contributed by atoms with Crippen LogP contribution in [0, 0.1) is 6.92 Å². The van der Waals surface area contributed by atoms with Gasteiger partial charge in [0, 0.05) is 5.39 Å². The Morgan fingerprint density at radius 1 is 1.00 bits per heavy atom. The van der Waals surface area contributed by atoms with Gasteiger partial charge in [0.1, 0.15) is 22.7 Å². The highest BCUT2D eigenvalue weighted by Gasteiger charge is 2.17. The average Bonchev–Trinajstić information content (AvgIpc) is 2.56. The normalized spacial score (nSPS) is 11.2. The molecule has 6 nitrogen and oxygen atoms in total. The Morgan fingerprint density at radius 3 is 2.50 bits per heavy atom. The highest BCUT2D eigenvalue weighted by Crippen LogP contribution is 2.40. The van der Waals surface area contributed by atoms with E-state index in [0.717, 1.165) is 5.56 Å². The van der Waals surface area contributed by atoms with E-state index in [0.29, 0.717) is 10.8 Å². The molecule has 0 bridgehead atoms. The number of carboxylic acids is 1. The summed E-state index contributed by atoms with van der Waals surface area (Å²) in [4.78, 5) is 11.3. The molecule has 3 N–H and O–H groups in total. The van der Waals surface area contributed by atoms with Crippen LogP contribution in [0.2, 0.25) is 0 Å². The van der Waals surface area contributed by atoms with Gasteiger partial charge in [0.05, 0.1) is 0 Å². The van der Waals surface area contributed by atoms with Crippen LogP contribution in [-0.4, -0.2) is 21.3 Å². The number of aromatic hydroxyl groups is 2. The second-order valence-electron chi connectivity index (χ2n) is 5.34. The van der Waals surface area contributed by atoms with E-state index in [1.165, 1.54) is 12.1 Å². The summed E-state index contributed by atoms with van der Waals surface area (Å²) in [6, 6.07) is 13.2. The highest BCUT2D eigenvalue weighted by molar-refractivity contribution is 6.04. The molecule has 3 aromatic rings. The lowest BCUT2D eigenvalue weighted by atomic mass is 10.0. The van der Waals surface area contributed by atoms with Crippen molar-refractivity contribution in [1.29, 1.82) is 0 Å². The van der Waals surface area contributed by atoms with Gasteiger partial charge >= 0.3 is 5.97 Å². The topological polar surface area (TPSA) is 102 Å². The van der Waals surface area contributed by atoms with Crippen molar-refractivity contribution in [3.05, 3.63) is 59.7 Å². The Labute approximate surface area is 137 Å². The van der Waals surface area contributed by atoms with E-state index < -0.39 is 11.7 Å². The molecule has 6 heteroatoms. The Balaban J connectivity index is 2.21. The van der Waals surface area contributed by atoms with Crippen molar-refractivity contribution >= 4 is 28.1 Å². The number of hydrogen-bond acceptors (Lipinski definition) is 5. The standard InChI is InChI=1S/C18H14N2O4/c1-10-6-7-15(21)14(8-10)19-20-16-12-5-3-2-4-11(12)9-13(17(16)22)18(23)24/h2-9,21-22H,1H3,(H,23,24). The Bertz CT molecular complexity index is 980. The second-order valence-corrected chi connectivity index (χ2v) is 5.34. The summed E-state index contributed by atoms with van der Waals surface area (Å²) < 4.78 is 0. The van der Waals surface area contributed by atoms with E-state index in [-0.39, 0.29) is 22.7 Å². The van der Waals surface area contributed by atoms with Crippen LogP contribution in [0.3, 0.4) is 0 Å². The number of azo groups is 1. The molecule has 0 radical (unpaired) electrons. The van der Waals surface area contributed by atoms with Gasteiger partial charge in [-0.3, -0.25) is 0 Å². The molecule has 0 atom stereocenters. The van der Waals surface area contributed by atoms with E-state index in [2.05, 4.69) is 10.2 Å². The smallest absolute Gasteiger partial charge is 0.339 e. The summed E-state index contributed by atoms with van der Waals surface area (Å²) in [6.07, 6.45) is 0. The molecule has 0 aliphatic carbocycles. The number of carbonyl (C=O) groups is 1. The summed E-state index contributed by atoms with van der Waals surface area (Å²) >= 11 is 0. The molecular weight excluding hydrogens is 308 g/mol. The van der Waals surface area contributed by atoms with Crippen LogP contribution >= 0.6 is 0 Å². The maximum atomic E-state index is 11.3. The van der Waals surface area contributed by atoms with Crippen molar-refractivity contribution in [3.8, 4) is 11.5 Å². The van der Waals surface area contributed by atoms with Crippen molar-refractivity contribution in [1.82, 2.24) is 0 Å². The fraction of sp³-hybridized carbons (Fsp3) is 0.0556. The zero-order valence-corrected chi connectivity index (χ0v) is 12.8. The summed E-state index contributed by atoms with van der Waals surface area (Å²) in [5.41, 5.74) is 0.914. The summed E-state index contributed by atoms with van der Waals surface area (Å²) in [6.45, 7) is 1.84. The average molecular weight is 322 g/mol. The first kappa shape index (κ1) is 15.5. The number of carboxylic acid groups (broad SMARTS) is 1. The van der Waals surface area contributed by atoms with Crippen molar-refractivity contribution in [3.63, 3.8) is 0 Å². The third-order valence-electron chi connectivity index (χ3n) is 3.61. The van der Waals surface area contributed by atoms with Gasteiger partial charge in [0.2, 0.25) is 0 Å². The molecule has 3 aromatic carbocycles. The van der Waals surface area contributed by atoms with E-state index in [4.69, 9.17) is 0 Å². The van der Waals surface area contributed by atoms with Crippen molar-refractivity contribution in [2.45, 2.75) is 6.92 Å². The quantitative estimate of drug-likeness (QED) is 0.609. The Hall–Kier alpha value is -3.41. The number of fused-ring (bicyclic) bond motifs is 1. The van der Waals surface area contributed by atoms with Gasteiger partial charge in [0.15, 0.2) is 5.75 Å². The van der Waals surface area contributed by atoms with E-state index >= 15 is 0 Å². The van der Waals surface area contributed by atoms with Gasteiger partial charge in [-0.2, -0.15) is 0 Å². The molecule has 24 heavy (non-hydrogen) atoms. The molecule has 0 saturated heterocycles. The molecule has 0 aliphatic heterocycles. The number of nitrogens with zero attached hydrogens (tertiary/aromatic N) is 2. The van der Waals surface area contributed by atoms with Crippen molar-refractivity contribution in [2.75, 3.05) is 0 Å². The van der Waals surface area contributed by atoms with Crippen LogP contribution in [0.5, 0.6) is 11.5 Å². The van der Waals surface area contributed by atoms with Gasteiger partial charge < -0.3 is 15.3 Å². The molecule has 0 aromatic heterocycles. The van der Waals surface area contributed by atoms with Gasteiger partial charge in [-0.1, -0.05) is 30.3 Å². The summed E-state index contributed by atoms with van der Waals surface area (Å²) in [5, 5.41) is 38.5. The van der Waals surface area contributed by atoms with Crippen molar-refractivity contribution in [2.24, 2.45) is 10.2 Å². The molecule has 0 heterocycles. The molecule has 0 amide bonds. The molecule has 120 valence electrons. The lowest BCUT2D eigenvalue weighted by molar-refractivity contribution is 0.0694. The minimum Gasteiger partial charge on any atom is -0.506 e. The van der Waals surface area contributed by atoms with E-state index in [1.807, 2.05) is 6.92 Å². The van der Waals surface area contributed by atoms with Crippen LogP contribution in [-0.2, 0) is 0 Å². The summed E-state index contributed by atoms with van der Waals surface area (Å²) in [7, 11) is 0. The molecule has 0 aliphatic rings. The molecule has 0 saturated carbocycles. The number of benzene rings is 3. The number of phenolic OH excluding ortho intramolecular Hbond substituents is 1. The number of rotatable bonds is 3. The predicted octanol–water partition coefficient (Wildman–Crippen LogP) is 4.67. The van der Waals surface area contributed by atoms with Crippen LogP contribution in [0.15, 0.2) is 58.8 Å². The molecule has 0 unspecified atom stereocenters. The predicted molar refractivity (Wildman–Crippen MR) is 89.6 cm³/mol. The minimum absolute atomic E-state index is 0.0476. The third kappa shape index (κ3) is 2.77.